The normalized spacial score (nSPS) is 10.6. The van der Waals surface area contributed by atoms with E-state index in [-0.39, 0.29) is 4.90 Å². The minimum atomic E-state index is -3.42. The minimum Gasteiger partial charge on any atom is -0.214 e. The Hall–Kier alpha value is -1.49. The van der Waals surface area contributed by atoms with Crippen molar-refractivity contribution in [1.29, 1.82) is 0 Å². The highest BCUT2D eigenvalue weighted by Gasteiger charge is 2.09. The summed E-state index contributed by atoms with van der Waals surface area (Å²) < 4.78 is 24.7. The van der Waals surface area contributed by atoms with Gasteiger partial charge in [-0.1, -0.05) is 0 Å². The van der Waals surface area contributed by atoms with Gasteiger partial charge in [0, 0.05) is 0 Å². The lowest BCUT2D eigenvalue weighted by Gasteiger charge is -2.01. The number of nitrogens with zero attached hydrogens (tertiary/aromatic N) is 1. The Morgan fingerprint density at radius 1 is 1.29 bits per heavy atom. The molecule has 0 radical (unpaired) electrons. The fraction of sp³-hybridized carbons (Fsp3) is 0.125. The first-order chi connectivity index (χ1) is 6.60. The molecule has 1 aromatic carbocycles. The van der Waals surface area contributed by atoms with Crippen LogP contribution < -0.4 is 4.72 Å². The molecule has 0 aliphatic carbocycles. The SMILES string of the molecule is CNS(=O)(=O)c1ccc(N=C=O)cc1. The van der Waals surface area contributed by atoms with Crippen molar-refractivity contribution in [3.8, 4) is 0 Å². The standard InChI is InChI=1S/C8H8N2O3S/c1-9-14(12,13)8-4-2-7(3-5-8)10-6-11/h2-5,9H,1H3. The Bertz CT molecular complexity index is 458. The van der Waals surface area contributed by atoms with Crippen LogP contribution in [0.15, 0.2) is 34.2 Å². The van der Waals surface area contributed by atoms with Crippen LogP contribution in [0.4, 0.5) is 5.69 Å². The van der Waals surface area contributed by atoms with Crippen LogP contribution in [0.2, 0.25) is 0 Å². The number of isocyanates is 1. The van der Waals surface area contributed by atoms with Crippen molar-refractivity contribution < 1.29 is 13.2 Å². The Kier molecular flexibility index (Phi) is 3.14. The molecular weight excluding hydrogens is 204 g/mol. The fourth-order valence-corrected chi connectivity index (χ4v) is 1.60. The van der Waals surface area contributed by atoms with E-state index in [1.165, 1.54) is 37.4 Å². The molecule has 1 N–H and O–H groups in total. The first-order valence-corrected chi connectivity index (χ1v) is 5.20. The molecule has 0 saturated heterocycles. The van der Waals surface area contributed by atoms with Crippen molar-refractivity contribution in [1.82, 2.24) is 4.72 Å². The molecule has 0 amide bonds. The summed E-state index contributed by atoms with van der Waals surface area (Å²) in [6.45, 7) is 0. The second-order valence-electron chi connectivity index (χ2n) is 2.40. The van der Waals surface area contributed by atoms with E-state index in [9.17, 15) is 13.2 Å². The third-order valence-electron chi connectivity index (χ3n) is 1.59. The van der Waals surface area contributed by atoms with E-state index >= 15 is 0 Å². The highest BCUT2D eigenvalue weighted by molar-refractivity contribution is 7.89. The molecule has 0 aromatic heterocycles. The lowest BCUT2D eigenvalue weighted by atomic mass is 10.3. The van der Waals surface area contributed by atoms with Gasteiger partial charge in [0.25, 0.3) is 0 Å². The number of hydrogen-bond acceptors (Lipinski definition) is 4. The third-order valence-corrected chi connectivity index (χ3v) is 3.02. The first kappa shape index (κ1) is 10.6. The van der Waals surface area contributed by atoms with Crippen molar-refractivity contribution in [3.05, 3.63) is 24.3 Å². The molecule has 0 bridgehead atoms. The van der Waals surface area contributed by atoms with Crippen molar-refractivity contribution in [2.75, 3.05) is 7.05 Å². The second kappa shape index (κ2) is 4.15. The number of rotatable bonds is 3. The molecule has 0 unspecified atom stereocenters. The smallest absolute Gasteiger partial charge is 0.214 e. The maximum absolute atomic E-state index is 11.3. The number of benzene rings is 1. The Balaban J connectivity index is 3.12. The number of sulfonamides is 1. The average molecular weight is 212 g/mol. The van der Waals surface area contributed by atoms with E-state index in [1.807, 2.05) is 0 Å². The van der Waals surface area contributed by atoms with Crippen LogP contribution in [-0.4, -0.2) is 21.5 Å². The summed E-state index contributed by atoms with van der Waals surface area (Å²) >= 11 is 0. The molecule has 5 nitrogen and oxygen atoms in total. The van der Waals surface area contributed by atoms with Gasteiger partial charge in [-0.3, -0.25) is 0 Å². The molecule has 74 valence electrons. The van der Waals surface area contributed by atoms with E-state index in [2.05, 4.69) is 9.71 Å². The van der Waals surface area contributed by atoms with Crippen LogP contribution in [0.3, 0.4) is 0 Å². The van der Waals surface area contributed by atoms with Gasteiger partial charge in [-0.05, 0) is 31.3 Å². The van der Waals surface area contributed by atoms with Gasteiger partial charge in [-0.15, -0.1) is 0 Å². The predicted molar refractivity (Wildman–Crippen MR) is 50.5 cm³/mol. The zero-order chi connectivity index (χ0) is 10.6. The Morgan fingerprint density at radius 2 is 1.86 bits per heavy atom. The average Bonchev–Trinajstić information content (AvgIpc) is 2.19. The van der Waals surface area contributed by atoms with Gasteiger partial charge < -0.3 is 0 Å². The number of carbonyl (C=O) groups excluding carboxylic acids is 1. The van der Waals surface area contributed by atoms with E-state index in [1.54, 1.807) is 0 Å². The topological polar surface area (TPSA) is 75.6 Å². The van der Waals surface area contributed by atoms with Gasteiger partial charge in [0.15, 0.2) is 0 Å². The molecule has 0 heterocycles. The fourth-order valence-electron chi connectivity index (χ4n) is 0.870. The van der Waals surface area contributed by atoms with Crippen molar-refractivity contribution >= 4 is 21.8 Å². The molecule has 1 rings (SSSR count). The molecule has 0 aliphatic heterocycles. The number of hydrogen-bond donors (Lipinski definition) is 1. The molecule has 14 heavy (non-hydrogen) atoms. The summed E-state index contributed by atoms with van der Waals surface area (Å²) in [5, 5.41) is 0. The highest BCUT2D eigenvalue weighted by Crippen LogP contribution is 2.15. The summed E-state index contributed by atoms with van der Waals surface area (Å²) in [5.74, 6) is 0. The van der Waals surface area contributed by atoms with E-state index in [4.69, 9.17) is 0 Å². The molecule has 6 heteroatoms. The monoisotopic (exact) mass is 212 g/mol. The highest BCUT2D eigenvalue weighted by atomic mass is 32.2. The van der Waals surface area contributed by atoms with Crippen molar-refractivity contribution in [2.24, 2.45) is 4.99 Å². The van der Waals surface area contributed by atoms with E-state index < -0.39 is 10.0 Å². The zero-order valence-electron chi connectivity index (χ0n) is 7.39. The van der Waals surface area contributed by atoms with Crippen molar-refractivity contribution in [2.45, 2.75) is 4.90 Å². The van der Waals surface area contributed by atoms with Gasteiger partial charge in [-0.25, -0.2) is 17.9 Å². The summed E-state index contributed by atoms with van der Waals surface area (Å²) in [7, 11) is -2.09. The van der Waals surface area contributed by atoms with Crippen LogP contribution in [0, 0.1) is 0 Å². The van der Waals surface area contributed by atoms with Gasteiger partial charge in [0.1, 0.15) is 0 Å². The van der Waals surface area contributed by atoms with Crippen LogP contribution >= 0.6 is 0 Å². The predicted octanol–water partition coefficient (Wildman–Crippen LogP) is 0.562. The van der Waals surface area contributed by atoms with E-state index in [0.717, 1.165) is 0 Å². The molecule has 0 atom stereocenters. The summed E-state index contributed by atoms with van der Waals surface area (Å²) in [6, 6.07) is 5.58. The van der Waals surface area contributed by atoms with E-state index in [0.29, 0.717) is 5.69 Å². The van der Waals surface area contributed by atoms with Gasteiger partial charge >= 0.3 is 0 Å². The molecule has 0 spiro atoms. The summed E-state index contributed by atoms with van der Waals surface area (Å²) in [4.78, 5) is 13.4. The first-order valence-electron chi connectivity index (χ1n) is 3.71. The zero-order valence-corrected chi connectivity index (χ0v) is 8.21. The van der Waals surface area contributed by atoms with Gasteiger partial charge in [0.05, 0.1) is 10.6 Å². The molecular formula is C8H8N2O3S. The number of nitrogens with one attached hydrogen (secondary N) is 1. The van der Waals surface area contributed by atoms with Crippen LogP contribution in [0.5, 0.6) is 0 Å². The summed E-state index contributed by atoms with van der Waals surface area (Å²) in [6.07, 6.45) is 1.37. The quantitative estimate of drug-likeness (QED) is 0.587. The largest absolute Gasteiger partial charge is 0.240 e. The maximum Gasteiger partial charge on any atom is 0.240 e. The van der Waals surface area contributed by atoms with Crippen LogP contribution in [0.1, 0.15) is 0 Å². The second-order valence-corrected chi connectivity index (χ2v) is 4.29. The Labute approximate surface area is 81.5 Å². The Morgan fingerprint density at radius 3 is 2.29 bits per heavy atom. The van der Waals surface area contributed by atoms with Crippen LogP contribution in [0.25, 0.3) is 0 Å². The molecule has 0 aliphatic rings. The molecule has 0 fully saturated rings. The lowest BCUT2D eigenvalue weighted by Crippen LogP contribution is -2.18. The number of aliphatic imine (C=N–C) groups is 1. The van der Waals surface area contributed by atoms with Crippen LogP contribution in [-0.2, 0) is 14.8 Å². The summed E-state index contributed by atoms with van der Waals surface area (Å²) in [5.41, 5.74) is 0.370. The minimum absolute atomic E-state index is 0.129. The van der Waals surface area contributed by atoms with Gasteiger partial charge in [0.2, 0.25) is 16.1 Å². The maximum atomic E-state index is 11.3. The molecule has 1 aromatic rings. The third kappa shape index (κ3) is 2.26. The lowest BCUT2D eigenvalue weighted by molar-refractivity contribution is 0.565. The van der Waals surface area contributed by atoms with Gasteiger partial charge in [-0.2, -0.15) is 4.99 Å². The molecule has 0 saturated carbocycles. The van der Waals surface area contributed by atoms with Crippen molar-refractivity contribution in [3.63, 3.8) is 0 Å².